The number of amides is 1. The van der Waals surface area contributed by atoms with E-state index in [0.717, 1.165) is 12.1 Å². The molecule has 1 heterocycles. The van der Waals surface area contributed by atoms with Gasteiger partial charge in [-0.3, -0.25) is 9.00 Å². The molecule has 1 amide bonds. The molecule has 1 aliphatic rings. The smallest absolute Gasteiger partial charge is 0.254 e. The van der Waals surface area contributed by atoms with Gasteiger partial charge >= 0.3 is 0 Å². The third-order valence-corrected chi connectivity index (χ3v) is 5.36. The monoisotopic (exact) mass is 360 g/mol. The molecule has 1 aromatic carbocycles. The molecule has 2 atom stereocenters. The molecule has 2 rings (SSSR count). The van der Waals surface area contributed by atoms with Crippen LogP contribution in [0.15, 0.2) is 24.3 Å². The van der Waals surface area contributed by atoms with E-state index in [1.165, 1.54) is 0 Å². The maximum atomic E-state index is 12.2. The summed E-state index contributed by atoms with van der Waals surface area (Å²) in [4.78, 5) is 12.1. The Bertz CT molecular complexity index is 555. The number of hydrogen-bond donors (Lipinski definition) is 2. The van der Waals surface area contributed by atoms with Crippen molar-refractivity contribution in [2.75, 3.05) is 25.0 Å². The van der Waals surface area contributed by atoms with E-state index in [1.807, 2.05) is 45.0 Å². The molecule has 1 fully saturated rings. The molecule has 2 N–H and O–H groups in total. The molecule has 1 aromatic rings. The maximum absolute atomic E-state index is 12.2. The van der Waals surface area contributed by atoms with Crippen molar-refractivity contribution < 1.29 is 13.7 Å². The van der Waals surface area contributed by atoms with Crippen LogP contribution in [0, 0.1) is 0 Å². The molecule has 23 heavy (non-hydrogen) atoms. The molecule has 0 aliphatic carbocycles. The van der Waals surface area contributed by atoms with Crippen molar-refractivity contribution in [3.8, 4) is 0 Å². The summed E-state index contributed by atoms with van der Waals surface area (Å²) in [5.41, 5.74) is 1.66. The minimum Gasteiger partial charge on any atom is -0.366 e. The summed E-state index contributed by atoms with van der Waals surface area (Å²) in [5, 5.41) is 5.99. The molecule has 0 radical (unpaired) electrons. The third-order valence-electron chi connectivity index (χ3n) is 3.40. The van der Waals surface area contributed by atoms with Crippen molar-refractivity contribution in [3.05, 3.63) is 29.8 Å². The van der Waals surface area contributed by atoms with E-state index in [0.29, 0.717) is 24.6 Å². The molecule has 5 nitrogen and oxygen atoms in total. The van der Waals surface area contributed by atoms with Crippen LogP contribution in [0.3, 0.4) is 0 Å². The van der Waals surface area contributed by atoms with Gasteiger partial charge in [0.15, 0.2) is 0 Å². The lowest BCUT2D eigenvalue weighted by atomic mass is 10.2. The number of rotatable bonds is 4. The number of morpholine rings is 1. The van der Waals surface area contributed by atoms with Gasteiger partial charge in [0.25, 0.3) is 5.91 Å². The van der Waals surface area contributed by atoms with Gasteiger partial charge in [-0.05, 0) is 38.5 Å². The van der Waals surface area contributed by atoms with Crippen LogP contribution in [0.4, 0.5) is 5.69 Å². The highest BCUT2D eigenvalue weighted by molar-refractivity contribution is 7.85. The predicted molar refractivity (Wildman–Crippen MR) is 96.5 cm³/mol. The molecule has 0 spiro atoms. The fourth-order valence-corrected chi connectivity index (χ4v) is 2.98. The van der Waals surface area contributed by atoms with E-state index in [1.54, 1.807) is 0 Å². The van der Waals surface area contributed by atoms with Gasteiger partial charge in [0.05, 0.1) is 6.61 Å². The third kappa shape index (κ3) is 6.22. The van der Waals surface area contributed by atoms with Crippen LogP contribution in [0.25, 0.3) is 0 Å². The zero-order valence-corrected chi connectivity index (χ0v) is 15.4. The summed E-state index contributed by atoms with van der Waals surface area (Å²) in [6, 6.07) is 7.50. The van der Waals surface area contributed by atoms with Gasteiger partial charge in [0, 0.05) is 40.1 Å². The molecule has 130 valence electrons. The average Bonchev–Trinajstić information content (AvgIpc) is 2.47. The lowest BCUT2D eigenvalue weighted by Gasteiger charge is -2.23. The number of ether oxygens (including phenoxy) is 1. The minimum atomic E-state index is -0.961. The van der Waals surface area contributed by atoms with E-state index in [4.69, 9.17) is 4.74 Å². The summed E-state index contributed by atoms with van der Waals surface area (Å²) in [7, 11) is -0.961. The van der Waals surface area contributed by atoms with Crippen molar-refractivity contribution in [1.82, 2.24) is 5.32 Å². The zero-order valence-electron chi connectivity index (χ0n) is 13.8. The van der Waals surface area contributed by atoms with Crippen molar-refractivity contribution in [2.45, 2.75) is 37.4 Å². The van der Waals surface area contributed by atoms with Crippen LogP contribution >= 0.6 is 12.4 Å². The number of halogens is 1. The Labute approximate surface area is 146 Å². The number of carbonyl (C=O) groups is 1. The summed E-state index contributed by atoms with van der Waals surface area (Å²) in [6.45, 7) is 7.73. The first-order valence-corrected chi connectivity index (χ1v) is 8.79. The van der Waals surface area contributed by atoms with Gasteiger partial charge in [-0.1, -0.05) is 12.1 Å². The highest BCUT2D eigenvalue weighted by atomic mass is 35.5. The SMILES string of the molecule is CC(C)(C)S(=O)Cc1cccc(NC(=O)C2CNCCO2)c1.Cl. The zero-order chi connectivity index (χ0) is 16.2. The minimum absolute atomic E-state index is 0. The van der Waals surface area contributed by atoms with E-state index in [-0.39, 0.29) is 23.1 Å². The largest absolute Gasteiger partial charge is 0.366 e. The van der Waals surface area contributed by atoms with Crippen molar-refractivity contribution in [3.63, 3.8) is 0 Å². The Morgan fingerprint density at radius 1 is 1.43 bits per heavy atom. The summed E-state index contributed by atoms with van der Waals surface area (Å²) < 4.78 is 17.4. The van der Waals surface area contributed by atoms with Gasteiger partial charge in [-0.25, -0.2) is 0 Å². The molecule has 1 saturated heterocycles. The van der Waals surface area contributed by atoms with E-state index < -0.39 is 16.9 Å². The van der Waals surface area contributed by atoms with Gasteiger partial charge in [0.2, 0.25) is 0 Å². The summed E-state index contributed by atoms with van der Waals surface area (Å²) >= 11 is 0. The number of benzene rings is 1. The Morgan fingerprint density at radius 3 is 2.78 bits per heavy atom. The Balaban J connectivity index is 0.00000264. The number of anilines is 1. The van der Waals surface area contributed by atoms with Crippen LogP contribution in [0.1, 0.15) is 26.3 Å². The van der Waals surface area contributed by atoms with Gasteiger partial charge in [-0.15, -0.1) is 12.4 Å². The fraction of sp³-hybridized carbons (Fsp3) is 0.562. The maximum Gasteiger partial charge on any atom is 0.254 e. The first-order valence-electron chi connectivity index (χ1n) is 7.47. The molecule has 0 bridgehead atoms. The van der Waals surface area contributed by atoms with Gasteiger partial charge in [-0.2, -0.15) is 0 Å². The van der Waals surface area contributed by atoms with Crippen molar-refractivity contribution in [2.24, 2.45) is 0 Å². The highest BCUT2D eigenvalue weighted by Crippen LogP contribution is 2.19. The molecular formula is C16H25ClN2O3S. The molecule has 7 heteroatoms. The quantitative estimate of drug-likeness (QED) is 0.862. The fourth-order valence-electron chi connectivity index (χ4n) is 2.06. The molecule has 0 saturated carbocycles. The first kappa shape index (κ1) is 20.1. The van der Waals surface area contributed by atoms with Gasteiger partial charge in [0.1, 0.15) is 6.10 Å². The second-order valence-electron chi connectivity index (χ2n) is 6.36. The highest BCUT2D eigenvalue weighted by Gasteiger charge is 2.22. The molecule has 1 aliphatic heterocycles. The molecular weight excluding hydrogens is 336 g/mol. The van der Waals surface area contributed by atoms with Gasteiger partial charge < -0.3 is 15.4 Å². The summed E-state index contributed by atoms with van der Waals surface area (Å²) in [6.07, 6.45) is -0.457. The average molecular weight is 361 g/mol. The molecule has 2 unspecified atom stereocenters. The normalized spacial score (nSPS) is 19.5. The second kappa shape index (κ2) is 8.78. The van der Waals surface area contributed by atoms with Crippen molar-refractivity contribution in [1.29, 1.82) is 0 Å². The first-order chi connectivity index (χ1) is 10.4. The van der Waals surface area contributed by atoms with Crippen LogP contribution in [0.5, 0.6) is 0 Å². The Kier molecular flexibility index (Phi) is 7.67. The number of hydrogen-bond acceptors (Lipinski definition) is 4. The topological polar surface area (TPSA) is 67.4 Å². The Morgan fingerprint density at radius 2 is 2.17 bits per heavy atom. The summed E-state index contributed by atoms with van der Waals surface area (Å²) in [5.74, 6) is 0.329. The standard InChI is InChI=1S/C16H24N2O3S.ClH/c1-16(2,3)22(20)11-12-5-4-6-13(9-12)18-15(19)14-10-17-7-8-21-14;/h4-6,9,14,17H,7-8,10-11H2,1-3H3,(H,18,19);1H. The van der Waals surface area contributed by atoms with Crippen LogP contribution < -0.4 is 10.6 Å². The number of carbonyl (C=O) groups excluding carboxylic acids is 1. The number of nitrogens with one attached hydrogen (secondary N) is 2. The Hall–Kier alpha value is -0.950. The van der Waals surface area contributed by atoms with Crippen LogP contribution in [-0.2, 0) is 26.1 Å². The predicted octanol–water partition coefficient (Wildman–Crippen LogP) is 2.08. The van der Waals surface area contributed by atoms with E-state index in [9.17, 15) is 9.00 Å². The van der Waals surface area contributed by atoms with Crippen molar-refractivity contribution >= 4 is 34.8 Å². The van der Waals surface area contributed by atoms with E-state index >= 15 is 0 Å². The second-order valence-corrected chi connectivity index (χ2v) is 8.56. The van der Waals surface area contributed by atoms with Crippen LogP contribution in [0.2, 0.25) is 0 Å². The lowest BCUT2D eigenvalue weighted by molar-refractivity contribution is -0.128. The van der Waals surface area contributed by atoms with E-state index in [2.05, 4.69) is 10.6 Å². The molecule has 0 aromatic heterocycles. The lowest BCUT2D eigenvalue weighted by Crippen LogP contribution is -2.45. The van der Waals surface area contributed by atoms with Crippen LogP contribution in [-0.4, -0.2) is 40.7 Å².